The van der Waals surface area contributed by atoms with Gasteiger partial charge in [-0.25, -0.2) is 4.98 Å². The van der Waals surface area contributed by atoms with Gasteiger partial charge in [-0.2, -0.15) is 22.0 Å². The van der Waals surface area contributed by atoms with Gasteiger partial charge in [0, 0.05) is 11.9 Å². The molecule has 0 fully saturated rings. The summed E-state index contributed by atoms with van der Waals surface area (Å²) in [5.74, 6) is -0.0900. The van der Waals surface area contributed by atoms with Crippen molar-refractivity contribution in [2.24, 2.45) is 0 Å². The first-order valence-corrected chi connectivity index (χ1v) is 7.54. The highest BCUT2D eigenvalue weighted by Gasteiger charge is 2.31. The third kappa shape index (κ3) is 5.85. The predicted molar refractivity (Wildman–Crippen MR) is 90.3 cm³/mol. The van der Waals surface area contributed by atoms with Crippen molar-refractivity contribution < 1.29 is 26.7 Å². The highest BCUT2D eigenvalue weighted by Crippen LogP contribution is 2.32. The third-order valence-electron chi connectivity index (χ3n) is 2.80. The van der Waals surface area contributed by atoms with Crippen LogP contribution < -0.4 is 20.9 Å². The van der Waals surface area contributed by atoms with Crippen molar-refractivity contribution in [3.63, 3.8) is 0 Å². The second-order valence-electron chi connectivity index (χ2n) is 4.66. The minimum Gasteiger partial charge on any atom is -0.435 e. The van der Waals surface area contributed by atoms with Crippen LogP contribution in [0.3, 0.4) is 0 Å². The fraction of sp³-hybridized carbons (Fsp3) is 0.143. The van der Waals surface area contributed by atoms with Gasteiger partial charge in [-0.3, -0.25) is 10.9 Å². The van der Waals surface area contributed by atoms with Crippen molar-refractivity contribution in [3.05, 3.63) is 47.1 Å². The number of hydrogen-bond donors (Lipinski definition) is 3. The Balaban J connectivity index is 1.90. The lowest BCUT2D eigenvalue weighted by Crippen LogP contribution is -2.33. The molecule has 0 bridgehead atoms. The minimum absolute atomic E-state index is 0.0247. The fourth-order valence-electron chi connectivity index (χ4n) is 1.68. The number of nitrogens with one attached hydrogen (secondary N) is 3. The minimum atomic E-state index is -4.56. The molecule has 140 valence electrons. The number of benzene rings is 1. The number of anilines is 2. The second kappa shape index (κ2) is 8.32. The normalized spacial score (nSPS) is 11.2. The van der Waals surface area contributed by atoms with Gasteiger partial charge in [0.15, 0.2) is 10.9 Å². The number of nitrogens with zero attached hydrogens (tertiary/aromatic N) is 1. The Bertz CT molecular complexity index is 773. The van der Waals surface area contributed by atoms with Crippen LogP contribution in [0.15, 0.2) is 36.5 Å². The molecule has 3 N–H and O–H groups in total. The van der Waals surface area contributed by atoms with Gasteiger partial charge in [-0.05, 0) is 42.5 Å². The molecule has 2 rings (SSSR count). The van der Waals surface area contributed by atoms with E-state index in [1.807, 2.05) is 0 Å². The Hall–Kier alpha value is -2.40. The zero-order chi connectivity index (χ0) is 19.3. The predicted octanol–water partition coefficient (Wildman–Crippen LogP) is 4.67. The van der Waals surface area contributed by atoms with Crippen molar-refractivity contribution in [3.8, 4) is 5.75 Å². The molecule has 0 unspecified atom stereocenters. The molecular weight excluding hydrogens is 403 g/mol. The molecule has 0 aliphatic carbocycles. The van der Waals surface area contributed by atoms with Crippen LogP contribution in [0.1, 0.15) is 5.56 Å². The van der Waals surface area contributed by atoms with Crippen LogP contribution in [0.4, 0.5) is 33.5 Å². The van der Waals surface area contributed by atoms with Crippen LogP contribution in [-0.4, -0.2) is 16.7 Å². The number of hydrazine groups is 1. The largest absolute Gasteiger partial charge is 0.435 e. The fourth-order valence-corrected chi connectivity index (χ4v) is 2.07. The van der Waals surface area contributed by atoms with Gasteiger partial charge < -0.3 is 10.1 Å². The van der Waals surface area contributed by atoms with E-state index in [4.69, 9.17) is 23.8 Å². The second-order valence-corrected chi connectivity index (χ2v) is 5.47. The van der Waals surface area contributed by atoms with Gasteiger partial charge in [0.05, 0.1) is 10.6 Å². The van der Waals surface area contributed by atoms with Crippen LogP contribution >= 0.6 is 23.8 Å². The first-order valence-electron chi connectivity index (χ1n) is 6.76. The molecule has 1 aromatic heterocycles. The molecule has 0 aliphatic rings. The Labute approximate surface area is 154 Å². The van der Waals surface area contributed by atoms with Crippen molar-refractivity contribution in [2.75, 3.05) is 10.7 Å². The molecule has 0 amide bonds. The first kappa shape index (κ1) is 19.9. The van der Waals surface area contributed by atoms with Crippen LogP contribution in [0.2, 0.25) is 5.02 Å². The SMILES string of the molecule is FC(F)Oc1ccc(NC(=S)NNc2ncc(C(F)(F)F)cc2Cl)cc1. The number of alkyl halides is 5. The summed E-state index contributed by atoms with van der Waals surface area (Å²) in [4.78, 5) is 3.56. The lowest BCUT2D eigenvalue weighted by molar-refractivity contribution is -0.137. The summed E-state index contributed by atoms with van der Waals surface area (Å²) in [5.41, 5.74) is 4.41. The van der Waals surface area contributed by atoms with E-state index in [9.17, 15) is 22.0 Å². The number of rotatable bonds is 5. The number of halogens is 6. The van der Waals surface area contributed by atoms with Gasteiger partial charge in [-0.1, -0.05) is 11.6 Å². The van der Waals surface area contributed by atoms with E-state index in [1.54, 1.807) is 0 Å². The lowest BCUT2D eigenvalue weighted by Gasteiger charge is -2.14. The maximum absolute atomic E-state index is 12.5. The molecule has 1 aromatic carbocycles. The van der Waals surface area contributed by atoms with Crippen molar-refractivity contribution in [1.82, 2.24) is 10.4 Å². The Morgan fingerprint density at radius 3 is 2.38 bits per heavy atom. The smallest absolute Gasteiger partial charge is 0.417 e. The van der Waals surface area contributed by atoms with E-state index >= 15 is 0 Å². The summed E-state index contributed by atoms with van der Waals surface area (Å²) in [6.07, 6.45) is -3.94. The van der Waals surface area contributed by atoms with Crippen molar-refractivity contribution >= 4 is 40.4 Å². The van der Waals surface area contributed by atoms with Gasteiger partial charge in [0.1, 0.15) is 5.75 Å². The van der Waals surface area contributed by atoms with E-state index in [2.05, 4.69) is 25.9 Å². The van der Waals surface area contributed by atoms with Gasteiger partial charge in [-0.15, -0.1) is 0 Å². The molecule has 0 radical (unpaired) electrons. The van der Waals surface area contributed by atoms with Gasteiger partial charge in [0.25, 0.3) is 0 Å². The molecule has 1 heterocycles. The first-order chi connectivity index (χ1) is 12.1. The van der Waals surface area contributed by atoms with E-state index in [-0.39, 0.29) is 21.7 Å². The average Bonchev–Trinajstić information content (AvgIpc) is 2.54. The summed E-state index contributed by atoms with van der Waals surface area (Å²) in [6, 6.07) is 6.21. The van der Waals surface area contributed by atoms with Crippen LogP contribution in [0.5, 0.6) is 5.75 Å². The average molecular weight is 413 g/mol. The molecular formula is C14H10ClF5N4OS. The van der Waals surface area contributed by atoms with E-state index in [0.717, 1.165) is 6.07 Å². The number of hydrogen-bond acceptors (Lipinski definition) is 4. The highest BCUT2D eigenvalue weighted by atomic mass is 35.5. The number of ether oxygens (including phenoxy) is 1. The monoisotopic (exact) mass is 412 g/mol. The molecule has 0 saturated heterocycles. The van der Waals surface area contributed by atoms with Crippen LogP contribution in [0.25, 0.3) is 0 Å². The molecule has 0 spiro atoms. The van der Waals surface area contributed by atoms with Gasteiger partial charge >= 0.3 is 12.8 Å². The quantitative estimate of drug-likeness (QED) is 0.377. The molecule has 2 aromatic rings. The summed E-state index contributed by atoms with van der Waals surface area (Å²) >= 11 is 10.7. The summed E-state index contributed by atoms with van der Waals surface area (Å²) in [7, 11) is 0. The highest BCUT2D eigenvalue weighted by molar-refractivity contribution is 7.80. The lowest BCUT2D eigenvalue weighted by atomic mass is 10.3. The van der Waals surface area contributed by atoms with Crippen LogP contribution in [-0.2, 0) is 6.18 Å². The summed E-state index contributed by atoms with van der Waals surface area (Å²) < 4.78 is 65.9. The Morgan fingerprint density at radius 2 is 1.85 bits per heavy atom. The Morgan fingerprint density at radius 1 is 1.19 bits per heavy atom. The molecule has 0 saturated carbocycles. The standard InChI is InChI=1S/C14H10ClF5N4OS/c15-10-5-7(14(18,19)20)6-21-11(10)23-24-13(26)22-8-1-3-9(4-2-8)25-12(16)17/h1-6,12H,(H,21,23)(H2,22,24,26). The molecule has 5 nitrogen and oxygen atoms in total. The molecule has 26 heavy (non-hydrogen) atoms. The number of pyridine rings is 1. The molecule has 0 aliphatic heterocycles. The summed E-state index contributed by atoms with van der Waals surface area (Å²) in [6.45, 7) is -2.93. The van der Waals surface area contributed by atoms with Crippen molar-refractivity contribution in [1.29, 1.82) is 0 Å². The number of aromatic nitrogens is 1. The molecule has 0 atom stereocenters. The third-order valence-corrected chi connectivity index (χ3v) is 3.29. The maximum Gasteiger partial charge on any atom is 0.417 e. The van der Waals surface area contributed by atoms with E-state index in [0.29, 0.717) is 11.9 Å². The van der Waals surface area contributed by atoms with E-state index in [1.165, 1.54) is 24.3 Å². The van der Waals surface area contributed by atoms with Crippen LogP contribution in [0, 0.1) is 0 Å². The summed E-state index contributed by atoms with van der Waals surface area (Å²) in [5, 5.41) is 2.48. The van der Waals surface area contributed by atoms with Crippen molar-refractivity contribution in [2.45, 2.75) is 12.8 Å². The maximum atomic E-state index is 12.5. The topological polar surface area (TPSA) is 58.2 Å². The van der Waals surface area contributed by atoms with Gasteiger partial charge in [0.2, 0.25) is 0 Å². The van der Waals surface area contributed by atoms with E-state index < -0.39 is 18.4 Å². The zero-order valence-corrected chi connectivity index (χ0v) is 14.1. The zero-order valence-electron chi connectivity index (χ0n) is 12.6. The number of thiocarbonyl (C=S) groups is 1. The Kier molecular flexibility index (Phi) is 6.37. The molecule has 12 heteroatoms.